The predicted molar refractivity (Wildman–Crippen MR) is 111 cm³/mol. The van der Waals surface area contributed by atoms with E-state index in [0.29, 0.717) is 18.8 Å². The predicted octanol–water partition coefficient (Wildman–Crippen LogP) is 3.40. The molecular formula is C20H24F4N4O3S. The maximum absolute atomic E-state index is 14.0. The van der Waals surface area contributed by atoms with E-state index in [4.69, 9.17) is 4.74 Å². The molecule has 1 saturated heterocycles. The fraction of sp³-hybridized carbons (Fsp3) is 0.500. The molecule has 0 radical (unpaired) electrons. The van der Waals surface area contributed by atoms with Gasteiger partial charge in [0.1, 0.15) is 10.7 Å². The minimum atomic E-state index is -4.70. The highest BCUT2D eigenvalue weighted by atomic mass is 32.2. The van der Waals surface area contributed by atoms with Crippen LogP contribution in [-0.2, 0) is 16.0 Å². The first-order valence-electron chi connectivity index (χ1n) is 9.82. The van der Waals surface area contributed by atoms with Gasteiger partial charge in [0.15, 0.2) is 21.3 Å². The highest BCUT2D eigenvalue weighted by Crippen LogP contribution is 2.36. The highest BCUT2D eigenvalue weighted by molar-refractivity contribution is 7.90. The van der Waals surface area contributed by atoms with Gasteiger partial charge in [-0.25, -0.2) is 22.8 Å². The number of rotatable bonds is 5. The second-order valence-corrected chi connectivity index (χ2v) is 9.91. The number of halogens is 4. The average molecular weight is 476 g/mol. The van der Waals surface area contributed by atoms with E-state index in [2.05, 4.69) is 9.97 Å². The van der Waals surface area contributed by atoms with E-state index in [1.165, 1.54) is 12.1 Å². The summed E-state index contributed by atoms with van der Waals surface area (Å²) in [6.45, 7) is 4.85. The molecule has 1 fully saturated rings. The van der Waals surface area contributed by atoms with Crippen LogP contribution in [0.2, 0.25) is 0 Å². The van der Waals surface area contributed by atoms with Gasteiger partial charge in [0.25, 0.3) is 0 Å². The number of alkyl halides is 3. The lowest BCUT2D eigenvalue weighted by Crippen LogP contribution is -2.56. The molecule has 32 heavy (non-hydrogen) atoms. The van der Waals surface area contributed by atoms with Gasteiger partial charge in [0.2, 0.25) is 5.95 Å². The van der Waals surface area contributed by atoms with Crippen LogP contribution in [0.1, 0.15) is 19.5 Å². The molecule has 1 aliphatic heterocycles. The molecule has 1 aromatic carbocycles. The van der Waals surface area contributed by atoms with Crippen LogP contribution in [0.4, 0.5) is 29.2 Å². The standard InChI is InChI=1S/C20H24F4N4O3S/c1-12(2)15-11-27(13-5-6-14(21)17(9-13)32(4,29)30)7-8-28(15)19-25-10-16(31-3)18(26-19)20(22,23)24/h5-6,9-10,12,15H,7-8,11H2,1-4H3/t15-/m0/s1. The molecule has 0 unspecified atom stereocenters. The molecule has 1 atom stereocenters. The zero-order valence-electron chi connectivity index (χ0n) is 18.0. The van der Waals surface area contributed by atoms with Crippen LogP contribution in [-0.4, -0.2) is 57.4 Å². The summed E-state index contributed by atoms with van der Waals surface area (Å²) in [6, 6.07) is 3.60. The Bertz CT molecular complexity index is 1090. The van der Waals surface area contributed by atoms with Crippen molar-refractivity contribution in [3.8, 4) is 5.75 Å². The van der Waals surface area contributed by atoms with E-state index in [9.17, 15) is 26.0 Å². The molecule has 1 aliphatic rings. The third-order valence-corrected chi connectivity index (χ3v) is 6.47. The van der Waals surface area contributed by atoms with E-state index in [1.807, 2.05) is 18.7 Å². The number of aromatic nitrogens is 2. The SMILES string of the molecule is COc1cnc(N2CCN(c3ccc(F)c(S(C)(=O)=O)c3)C[C@H]2C(C)C)nc1C(F)(F)F. The van der Waals surface area contributed by atoms with Crippen LogP contribution in [0.25, 0.3) is 0 Å². The Morgan fingerprint density at radius 1 is 1.22 bits per heavy atom. The van der Waals surface area contributed by atoms with Crippen LogP contribution in [0, 0.1) is 11.7 Å². The Morgan fingerprint density at radius 3 is 2.47 bits per heavy atom. The van der Waals surface area contributed by atoms with E-state index in [1.54, 1.807) is 4.90 Å². The van der Waals surface area contributed by atoms with Crippen LogP contribution < -0.4 is 14.5 Å². The van der Waals surface area contributed by atoms with Crippen molar-refractivity contribution in [2.24, 2.45) is 5.92 Å². The summed E-state index contributed by atoms with van der Waals surface area (Å²) in [5.74, 6) is -1.35. The van der Waals surface area contributed by atoms with Crippen molar-refractivity contribution < 1.29 is 30.7 Å². The number of benzene rings is 1. The van der Waals surface area contributed by atoms with Gasteiger partial charge in [-0.2, -0.15) is 13.2 Å². The highest BCUT2D eigenvalue weighted by Gasteiger charge is 2.39. The summed E-state index contributed by atoms with van der Waals surface area (Å²) in [5.41, 5.74) is -0.630. The van der Waals surface area contributed by atoms with E-state index in [-0.39, 0.29) is 24.5 Å². The monoisotopic (exact) mass is 476 g/mol. The fourth-order valence-electron chi connectivity index (χ4n) is 3.69. The lowest BCUT2D eigenvalue weighted by Gasteiger charge is -2.44. The van der Waals surface area contributed by atoms with E-state index in [0.717, 1.165) is 25.6 Å². The molecule has 3 rings (SSSR count). The first-order chi connectivity index (χ1) is 14.8. The Morgan fingerprint density at radius 2 is 1.91 bits per heavy atom. The van der Waals surface area contributed by atoms with Gasteiger partial charge in [-0.1, -0.05) is 13.8 Å². The number of ether oxygens (including phenoxy) is 1. The summed E-state index contributed by atoms with van der Waals surface area (Å²) >= 11 is 0. The van der Waals surface area contributed by atoms with Gasteiger partial charge in [0, 0.05) is 31.6 Å². The summed E-state index contributed by atoms with van der Waals surface area (Å²) in [4.78, 5) is 11.0. The van der Waals surface area contributed by atoms with Gasteiger partial charge >= 0.3 is 6.18 Å². The average Bonchev–Trinajstić information content (AvgIpc) is 2.71. The summed E-state index contributed by atoms with van der Waals surface area (Å²) in [5, 5.41) is 0. The molecule has 2 aromatic rings. The van der Waals surface area contributed by atoms with Crippen molar-refractivity contribution in [3.63, 3.8) is 0 Å². The van der Waals surface area contributed by atoms with Crippen molar-refractivity contribution in [2.45, 2.75) is 31.0 Å². The quantitative estimate of drug-likeness (QED) is 0.613. The first kappa shape index (κ1) is 24.0. The molecule has 0 bridgehead atoms. The molecule has 0 saturated carbocycles. The van der Waals surface area contributed by atoms with Crippen molar-refractivity contribution >= 4 is 21.5 Å². The number of nitrogens with zero attached hydrogens (tertiary/aromatic N) is 4. The molecule has 0 aliphatic carbocycles. The minimum Gasteiger partial charge on any atom is -0.493 e. The molecular weight excluding hydrogens is 452 g/mol. The third-order valence-electron chi connectivity index (χ3n) is 5.36. The molecule has 1 aromatic heterocycles. The van der Waals surface area contributed by atoms with Crippen LogP contribution in [0.3, 0.4) is 0 Å². The Balaban J connectivity index is 1.94. The lowest BCUT2D eigenvalue weighted by atomic mass is 9.99. The number of methoxy groups -OCH3 is 1. The molecule has 0 amide bonds. The largest absolute Gasteiger partial charge is 0.493 e. The molecule has 0 N–H and O–H groups in total. The Hall–Kier alpha value is -2.63. The zero-order chi connectivity index (χ0) is 23.8. The van der Waals surface area contributed by atoms with Gasteiger partial charge in [-0.15, -0.1) is 0 Å². The fourth-order valence-corrected chi connectivity index (χ4v) is 4.45. The molecule has 7 nitrogen and oxygen atoms in total. The Labute approximate surface area is 183 Å². The molecule has 176 valence electrons. The lowest BCUT2D eigenvalue weighted by molar-refractivity contribution is -0.142. The van der Waals surface area contributed by atoms with Gasteiger partial charge in [-0.05, 0) is 24.1 Å². The molecule has 0 spiro atoms. The van der Waals surface area contributed by atoms with Gasteiger partial charge in [-0.3, -0.25) is 0 Å². The van der Waals surface area contributed by atoms with E-state index < -0.39 is 38.2 Å². The van der Waals surface area contributed by atoms with Crippen LogP contribution in [0.15, 0.2) is 29.3 Å². The van der Waals surface area contributed by atoms with Gasteiger partial charge < -0.3 is 14.5 Å². The normalized spacial score (nSPS) is 17.7. The van der Waals surface area contributed by atoms with Crippen LogP contribution >= 0.6 is 0 Å². The van der Waals surface area contributed by atoms with Crippen LogP contribution in [0.5, 0.6) is 5.75 Å². The van der Waals surface area contributed by atoms with Crippen molar-refractivity contribution in [3.05, 3.63) is 35.9 Å². The summed E-state index contributed by atoms with van der Waals surface area (Å²) < 4.78 is 82.7. The number of piperazine rings is 1. The van der Waals surface area contributed by atoms with Gasteiger partial charge in [0.05, 0.1) is 19.3 Å². The zero-order valence-corrected chi connectivity index (χ0v) is 18.8. The number of anilines is 2. The minimum absolute atomic E-state index is 0.00710. The topological polar surface area (TPSA) is 75.6 Å². The second-order valence-electron chi connectivity index (χ2n) is 7.92. The molecule has 2 heterocycles. The number of hydrogen-bond acceptors (Lipinski definition) is 7. The third kappa shape index (κ3) is 4.89. The summed E-state index contributed by atoms with van der Waals surface area (Å²) in [6.07, 6.45) is -2.76. The maximum atomic E-state index is 14.0. The van der Waals surface area contributed by atoms with E-state index >= 15 is 0 Å². The number of sulfone groups is 1. The smallest absolute Gasteiger partial charge is 0.437 e. The van der Waals surface area contributed by atoms with Crippen molar-refractivity contribution in [1.82, 2.24) is 9.97 Å². The molecule has 12 heteroatoms. The number of hydrogen-bond donors (Lipinski definition) is 0. The first-order valence-corrected chi connectivity index (χ1v) is 11.7. The summed E-state index contributed by atoms with van der Waals surface area (Å²) in [7, 11) is -2.63. The Kier molecular flexibility index (Phi) is 6.55. The maximum Gasteiger partial charge on any atom is 0.437 e. The van der Waals surface area contributed by atoms with Crippen molar-refractivity contribution in [2.75, 3.05) is 42.8 Å². The second kappa shape index (κ2) is 8.72. The van der Waals surface area contributed by atoms with Crippen molar-refractivity contribution in [1.29, 1.82) is 0 Å².